The predicted molar refractivity (Wildman–Crippen MR) is 93.2 cm³/mol. The number of aliphatic hydroxyl groups excluding tert-OH is 1. The van der Waals surface area contributed by atoms with Gasteiger partial charge in [0.25, 0.3) is 0 Å². The van der Waals surface area contributed by atoms with E-state index in [9.17, 15) is 13.9 Å². The first-order chi connectivity index (χ1) is 12.0. The molecule has 5 nitrogen and oxygen atoms in total. The van der Waals surface area contributed by atoms with E-state index in [0.717, 1.165) is 32.0 Å². The van der Waals surface area contributed by atoms with Crippen molar-refractivity contribution in [2.75, 3.05) is 13.1 Å². The number of thioether (sulfide) groups is 1. The predicted octanol–water partition coefficient (Wildman–Crippen LogP) is 2.32. The Hall–Kier alpha value is -1.51. The second-order valence-corrected chi connectivity index (χ2v) is 7.95. The van der Waals surface area contributed by atoms with Crippen LogP contribution in [-0.2, 0) is 11.3 Å². The molecule has 1 aliphatic heterocycles. The molecular formula is C17H22F2N4OS. The van der Waals surface area contributed by atoms with Crippen LogP contribution >= 0.6 is 11.8 Å². The molecule has 1 fully saturated rings. The Labute approximate surface area is 149 Å². The number of nitrogens with zero attached hydrogens (tertiary/aromatic N) is 3. The molecule has 3 rings (SSSR count). The molecule has 0 saturated carbocycles. The Bertz CT molecular complexity index is 692. The summed E-state index contributed by atoms with van der Waals surface area (Å²) in [6.45, 7) is 3.50. The van der Waals surface area contributed by atoms with E-state index in [1.807, 2.05) is 0 Å². The van der Waals surface area contributed by atoms with Crippen LogP contribution in [0.3, 0.4) is 0 Å². The van der Waals surface area contributed by atoms with Crippen molar-refractivity contribution in [2.24, 2.45) is 0 Å². The SMILES string of the molecule is CC(O)C(Cc1ccc(F)cc1F)(SC1CCNCC1)n1cncn1. The molecule has 8 heteroatoms. The molecule has 1 saturated heterocycles. The summed E-state index contributed by atoms with van der Waals surface area (Å²) in [6, 6.07) is 3.54. The minimum atomic E-state index is -0.906. The maximum atomic E-state index is 14.3. The van der Waals surface area contributed by atoms with Gasteiger partial charge >= 0.3 is 0 Å². The molecule has 2 unspecified atom stereocenters. The van der Waals surface area contributed by atoms with Crippen LogP contribution in [0.25, 0.3) is 0 Å². The number of piperidine rings is 1. The fourth-order valence-electron chi connectivity index (χ4n) is 3.16. The molecule has 0 spiro atoms. The normalized spacial score (nSPS) is 19.5. The second-order valence-electron chi connectivity index (χ2n) is 6.34. The van der Waals surface area contributed by atoms with Crippen LogP contribution < -0.4 is 5.32 Å². The average Bonchev–Trinajstić information content (AvgIpc) is 3.12. The molecule has 0 radical (unpaired) electrons. The average molecular weight is 368 g/mol. The Morgan fingerprint density at radius 3 is 2.76 bits per heavy atom. The molecule has 1 aromatic heterocycles. The van der Waals surface area contributed by atoms with Crippen molar-refractivity contribution in [1.82, 2.24) is 20.1 Å². The third-order valence-electron chi connectivity index (χ3n) is 4.58. The van der Waals surface area contributed by atoms with Gasteiger partial charge in [-0.05, 0) is 44.5 Å². The third kappa shape index (κ3) is 4.02. The number of hydrogen-bond acceptors (Lipinski definition) is 5. The Kier molecular flexibility index (Phi) is 5.71. The zero-order chi connectivity index (χ0) is 17.9. The molecule has 1 aliphatic rings. The van der Waals surface area contributed by atoms with Crippen LogP contribution in [-0.4, -0.2) is 44.3 Å². The number of nitrogens with one attached hydrogen (secondary N) is 1. The summed E-state index contributed by atoms with van der Waals surface area (Å²) in [6.07, 6.45) is 4.25. The maximum Gasteiger partial charge on any atom is 0.139 e. The molecule has 2 N–H and O–H groups in total. The summed E-state index contributed by atoms with van der Waals surface area (Å²) < 4.78 is 29.1. The summed E-state index contributed by atoms with van der Waals surface area (Å²) in [7, 11) is 0. The van der Waals surface area contributed by atoms with Crippen LogP contribution in [0, 0.1) is 11.6 Å². The smallest absolute Gasteiger partial charge is 0.139 e. The zero-order valence-electron chi connectivity index (χ0n) is 14.0. The van der Waals surface area contributed by atoms with Crippen LogP contribution in [0.5, 0.6) is 0 Å². The lowest BCUT2D eigenvalue weighted by molar-refractivity contribution is 0.0990. The molecule has 0 aliphatic carbocycles. The Morgan fingerprint density at radius 2 is 2.16 bits per heavy atom. The van der Waals surface area contributed by atoms with Gasteiger partial charge in [-0.25, -0.2) is 18.4 Å². The molecule has 0 bridgehead atoms. The second kappa shape index (κ2) is 7.80. The number of aliphatic hydroxyl groups is 1. The molecule has 25 heavy (non-hydrogen) atoms. The molecule has 2 aromatic rings. The monoisotopic (exact) mass is 368 g/mol. The number of aromatic nitrogens is 3. The zero-order valence-corrected chi connectivity index (χ0v) is 14.8. The van der Waals surface area contributed by atoms with Gasteiger partial charge in [0.05, 0.1) is 6.10 Å². The van der Waals surface area contributed by atoms with Gasteiger partial charge in [0, 0.05) is 17.7 Å². The molecular weight excluding hydrogens is 346 g/mol. The molecule has 136 valence electrons. The van der Waals surface area contributed by atoms with Crippen molar-refractivity contribution in [3.63, 3.8) is 0 Å². The summed E-state index contributed by atoms with van der Waals surface area (Å²) >= 11 is 1.60. The fraction of sp³-hybridized carbons (Fsp3) is 0.529. The first-order valence-corrected chi connectivity index (χ1v) is 9.25. The van der Waals surface area contributed by atoms with Crippen molar-refractivity contribution < 1.29 is 13.9 Å². The van der Waals surface area contributed by atoms with Gasteiger partial charge in [-0.15, -0.1) is 11.8 Å². The van der Waals surface area contributed by atoms with Crippen molar-refractivity contribution >= 4 is 11.8 Å². The van der Waals surface area contributed by atoms with Crippen LogP contribution in [0.1, 0.15) is 25.3 Å². The first-order valence-electron chi connectivity index (χ1n) is 8.37. The van der Waals surface area contributed by atoms with Gasteiger partial charge in [-0.1, -0.05) is 6.07 Å². The van der Waals surface area contributed by atoms with E-state index in [1.165, 1.54) is 18.5 Å². The lowest BCUT2D eigenvalue weighted by Gasteiger charge is -2.39. The summed E-state index contributed by atoms with van der Waals surface area (Å²) in [5.41, 5.74) is 0.347. The standard InChI is InChI=1S/C17H22F2N4OS/c1-12(24)17(23-11-21-10-22-23,25-15-4-6-20-7-5-15)9-13-2-3-14(18)8-16(13)19/h2-3,8,10-12,15,20,24H,4-7,9H2,1H3. The third-order valence-corrected chi connectivity index (χ3v) is 6.46. The van der Waals surface area contributed by atoms with Gasteiger partial charge in [0.15, 0.2) is 0 Å². The number of hydrogen-bond donors (Lipinski definition) is 2. The van der Waals surface area contributed by atoms with Crippen LogP contribution in [0.15, 0.2) is 30.9 Å². The van der Waals surface area contributed by atoms with Crippen molar-refractivity contribution in [3.05, 3.63) is 48.1 Å². The van der Waals surface area contributed by atoms with E-state index in [2.05, 4.69) is 15.4 Å². The lowest BCUT2D eigenvalue weighted by atomic mass is 10.0. The summed E-state index contributed by atoms with van der Waals surface area (Å²) in [4.78, 5) is 3.10. The summed E-state index contributed by atoms with van der Waals surface area (Å²) in [5.74, 6) is -1.23. The van der Waals surface area contributed by atoms with Crippen molar-refractivity contribution in [3.8, 4) is 0 Å². The van der Waals surface area contributed by atoms with Crippen molar-refractivity contribution in [2.45, 2.75) is 42.4 Å². The molecule has 1 aromatic carbocycles. The van der Waals surface area contributed by atoms with Gasteiger partial charge < -0.3 is 10.4 Å². The number of halogens is 2. The minimum Gasteiger partial charge on any atom is -0.390 e. The largest absolute Gasteiger partial charge is 0.390 e. The van der Waals surface area contributed by atoms with Gasteiger partial charge in [0.2, 0.25) is 0 Å². The minimum absolute atomic E-state index is 0.189. The Balaban J connectivity index is 1.97. The van der Waals surface area contributed by atoms with Crippen LogP contribution in [0.4, 0.5) is 8.78 Å². The number of rotatable bonds is 6. The Morgan fingerprint density at radius 1 is 1.40 bits per heavy atom. The highest BCUT2D eigenvalue weighted by Gasteiger charge is 2.42. The van der Waals surface area contributed by atoms with Gasteiger partial charge in [-0.3, -0.25) is 0 Å². The number of benzene rings is 1. The van der Waals surface area contributed by atoms with Crippen molar-refractivity contribution in [1.29, 1.82) is 0 Å². The van der Waals surface area contributed by atoms with E-state index in [-0.39, 0.29) is 6.42 Å². The highest BCUT2D eigenvalue weighted by atomic mass is 32.2. The molecule has 2 atom stereocenters. The highest BCUT2D eigenvalue weighted by molar-refractivity contribution is 8.00. The summed E-state index contributed by atoms with van der Waals surface area (Å²) in [5, 5.41) is 18.5. The first kappa shape index (κ1) is 18.3. The lowest BCUT2D eigenvalue weighted by Crippen LogP contribution is -2.46. The van der Waals surface area contributed by atoms with E-state index >= 15 is 0 Å². The van der Waals surface area contributed by atoms with Gasteiger partial charge in [0.1, 0.15) is 29.2 Å². The van der Waals surface area contributed by atoms with E-state index in [0.29, 0.717) is 10.8 Å². The maximum absolute atomic E-state index is 14.3. The fourth-order valence-corrected chi connectivity index (χ4v) is 4.84. The molecule has 0 amide bonds. The van der Waals surface area contributed by atoms with E-state index in [4.69, 9.17) is 0 Å². The van der Waals surface area contributed by atoms with E-state index < -0.39 is 22.6 Å². The highest BCUT2D eigenvalue weighted by Crippen LogP contribution is 2.42. The topological polar surface area (TPSA) is 63.0 Å². The molecule has 2 heterocycles. The van der Waals surface area contributed by atoms with E-state index in [1.54, 1.807) is 29.7 Å². The van der Waals surface area contributed by atoms with Crippen LogP contribution in [0.2, 0.25) is 0 Å². The quantitative estimate of drug-likeness (QED) is 0.819. The van der Waals surface area contributed by atoms with Gasteiger partial charge in [-0.2, -0.15) is 5.10 Å².